The van der Waals surface area contributed by atoms with Crippen LogP contribution in [0.25, 0.3) is 0 Å². The maximum Gasteiger partial charge on any atom is 0.309 e. The maximum atomic E-state index is 11.6. The van der Waals surface area contributed by atoms with Crippen molar-refractivity contribution in [1.29, 1.82) is 0 Å². The van der Waals surface area contributed by atoms with Crippen LogP contribution in [-0.4, -0.2) is 22.2 Å². The minimum absolute atomic E-state index is 0.594. The molecule has 0 radical (unpaired) electrons. The van der Waals surface area contributed by atoms with Crippen LogP contribution in [0.15, 0.2) is 0 Å². The average molecular weight is 286 g/mol. The molecule has 0 spiro atoms. The van der Waals surface area contributed by atoms with E-state index in [1.807, 2.05) is 13.8 Å². The van der Waals surface area contributed by atoms with E-state index in [0.29, 0.717) is 25.7 Å². The van der Waals surface area contributed by atoms with Gasteiger partial charge < -0.3 is 10.2 Å². The Balaban J connectivity index is 4.48. The summed E-state index contributed by atoms with van der Waals surface area (Å²) in [5.74, 6) is -1.48. The normalized spacial score (nSPS) is 12.4. The zero-order valence-electron chi connectivity index (χ0n) is 13.4. The summed E-state index contributed by atoms with van der Waals surface area (Å²) in [7, 11) is 0. The Kier molecular flexibility index (Phi) is 7.84. The zero-order valence-corrected chi connectivity index (χ0v) is 13.4. The zero-order chi connectivity index (χ0) is 15.8. The fraction of sp³-hybridized carbons (Fsp3) is 0.875. The molecule has 20 heavy (non-hydrogen) atoms. The second kappa shape index (κ2) is 8.28. The molecule has 0 atom stereocenters. The predicted octanol–water partition coefficient (Wildman–Crippen LogP) is 4.33. The number of hydrogen-bond donors (Lipinski definition) is 2. The van der Waals surface area contributed by atoms with Crippen LogP contribution in [0.4, 0.5) is 0 Å². The predicted molar refractivity (Wildman–Crippen MR) is 79.8 cm³/mol. The van der Waals surface area contributed by atoms with Crippen LogP contribution >= 0.6 is 0 Å². The molecule has 0 aromatic carbocycles. The van der Waals surface area contributed by atoms with Crippen LogP contribution in [0.5, 0.6) is 0 Å². The summed E-state index contributed by atoms with van der Waals surface area (Å²) in [6, 6.07) is 0. The first-order valence-electron chi connectivity index (χ1n) is 7.68. The number of carbonyl (C=O) groups is 2. The van der Waals surface area contributed by atoms with E-state index >= 15 is 0 Å². The molecule has 0 aromatic heterocycles. The number of hydrogen-bond acceptors (Lipinski definition) is 2. The van der Waals surface area contributed by atoms with Crippen LogP contribution in [-0.2, 0) is 9.59 Å². The van der Waals surface area contributed by atoms with Gasteiger partial charge in [0.05, 0.1) is 10.8 Å². The highest BCUT2D eigenvalue weighted by Gasteiger charge is 2.36. The largest absolute Gasteiger partial charge is 0.481 e. The third-order valence-electron chi connectivity index (χ3n) is 4.20. The van der Waals surface area contributed by atoms with E-state index in [1.165, 1.54) is 0 Å². The van der Waals surface area contributed by atoms with Crippen molar-refractivity contribution in [1.82, 2.24) is 0 Å². The van der Waals surface area contributed by atoms with Crippen molar-refractivity contribution in [2.75, 3.05) is 0 Å². The highest BCUT2D eigenvalue weighted by atomic mass is 16.4. The van der Waals surface area contributed by atoms with Crippen molar-refractivity contribution < 1.29 is 19.8 Å². The Morgan fingerprint density at radius 1 is 0.800 bits per heavy atom. The second-order valence-electron chi connectivity index (χ2n) is 6.48. The lowest BCUT2D eigenvalue weighted by atomic mass is 9.74. The molecule has 118 valence electrons. The van der Waals surface area contributed by atoms with Gasteiger partial charge in [-0.05, 0) is 39.5 Å². The molecule has 4 heteroatoms. The number of carboxylic acids is 2. The van der Waals surface area contributed by atoms with E-state index in [1.54, 1.807) is 13.8 Å². The first kappa shape index (κ1) is 18.9. The van der Waals surface area contributed by atoms with Gasteiger partial charge in [-0.3, -0.25) is 9.59 Å². The SMILES string of the molecule is CCCC(CCC)(CCCCC(C)(C)C(=O)O)C(=O)O. The second-order valence-corrected chi connectivity index (χ2v) is 6.48. The molecule has 0 fully saturated rings. The molecule has 0 aliphatic rings. The van der Waals surface area contributed by atoms with E-state index in [2.05, 4.69) is 0 Å². The van der Waals surface area contributed by atoms with Crippen LogP contribution in [0.3, 0.4) is 0 Å². The molecule has 0 bridgehead atoms. The minimum atomic E-state index is -0.788. The van der Waals surface area contributed by atoms with Crippen molar-refractivity contribution in [2.45, 2.75) is 79.1 Å². The van der Waals surface area contributed by atoms with E-state index in [9.17, 15) is 14.7 Å². The van der Waals surface area contributed by atoms with Crippen LogP contribution in [0, 0.1) is 10.8 Å². The van der Waals surface area contributed by atoms with Gasteiger partial charge in [0.15, 0.2) is 0 Å². The molecule has 0 amide bonds. The van der Waals surface area contributed by atoms with Gasteiger partial charge >= 0.3 is 11.9 Å². The maximum absolute atomic E-state index is 11.6. The molecule has 0 unspecified atom stereocenters. The standard InChI is InChI=1S/C16H30O4/c1-5-9-16(10-6-2,14(19)20)12-8-7-11-15(3,4)13(17)18/h5-12H2,1-4H3,(H,17,18)(H,19,20). The van der Waals surface area contributed by atoms with Crippen molar-refractivity contribution in [3.8, 4) is 0 Å². The Labute approximate surface area is 122 Å². The molecule has 0 aliphatic carbocycles. The summed E-state index contributed by atoms with van der Waals surface area (Å²) in [5, 5.41) is 18.6. The summed E-state index contributed by atoms with van der Waals surface area (Å²) < 4.78 is 0. The van der Waals surface area contributed by atoms with Crippen LogP contribution in [0.2, 0.25) is 0 Å². The molecule has 0 saturated carbocycles. The molecule has 4 nitrogen and oxygen atoms in total. The first-order valence-corrected chi connectivity index (χ1v) is 7.68. The summed E-state index contributed by atoms with van der Waals surface area (Å²) in [4.78, 5) is 22.6. The molecule has 2 N–H and O–H groups in total. The molecule has 0 rings (SSSR count). The highest BCUT2D eigenvalue weighted by molar-refractivity contribution is 5.74. The van der Waals surface area contributed by atoms with E-state index in [0.717, 1.165) is 25.7 Å². The molecule has 0 aliphatic heterocycles. The third kappa shape index (κ3) is 5.51. The number of carboxylic acid groups (broad SMARTS) is 2. The van der Waals surface area contributed by atoms with Crippen molar-refractivity contribution in [3.05, 3.63) is 0 Å². The fourth-order valence-corrected chi connectivity index (χ4v) is 2.79. The fourth-order valence-electron chi connectivity index (χ4n) is 2.79. The Morgan fingerprint density at radius 2 is 1.25 bits per heavy atom. The molecular weight excluding hydrogens is 256 g/mol. The lowest BCUT2D eigenvalue weighted by molar-refractivity contribution is -0.151. The molecular formula is C16H30O4. The third-order valence-corrected chi connectivity index (χ3v) is 4.20. The van der Waals surface area contributed by atoms with Crippen molar-refractivity contribution >= 4 is 11.9 Å². The van der Waals surface area contributed by atoms with Gasteiger partial charge in [0.1, 0.15) is 0 Å². The van der Waals surface area contributed by atoms with E-state index in [-0.39, 0.29) is 0 Å². The van der Waals surface area contributed by atoms with Gasteiger partial charge in [-0.1, -0.05) is 39.5 Å². The topological polar surface area (TPSA) is 74.6 Å². The summed E-state index contributed by atoms with van der Waals surface area (Å²) >= 11 is 0. The van der Waals surface area contributed by atoms with Crippen LogP contribution < -0.4 is 0 Å². The van der Waals surface area contributed by atoms with E-state index < -0.39 is 22.8 Å². The quantitative estimate of drug-likeness (QED) is 0.554. The molecule has 0 aromatic rings. The lowest BCUT2D eigenvalue weighted by Gasteiger charge is -2.29. The number of aliphatic carboxylic acids is 2. The smallest absolute Gasteiger partial charge is 0.309 e. The van der Waals surface area contributed by atoms with Crippen molar-refractivity contribution in [3.63, 3.8) is 0 Å². The summed E-state index contributed by atoms with van der Waals surface area (Å²) in [5.41, 5.74) is -1.34. The molecule has 0 saturated heterocycles. The Hall–Kier alpha value is -1.06. The summed E-state index contributed by atoms with van der Waals surface area (Å²) in [6.45, 7) is 7.47. The Morgan fingerprint density at radius 3 is 1.60 bits per heavy atom. The van der Waals surface area contributed by atoms with Gasteiger partial charge in [-0.25, -0.2) is 0 Å². The number of unbranched alkanes of at least 4 members (excludes halogenated alkanes) is 1. The molecule has 0 heterocycles. The monoisotopic (exact) mass is 286 g/mol. The van der Waals surface area contributed by atoms with Gasteiger partial charge in [0.25, 0.3) is 0 Å². The first-order chi connectivity index (χ1) is 9.22. The van der Waals surface area contributed by atoms with Crippen molar-refractivity contribution in [2.24, 2.45) is 10.8 Å². The summed E-state index contributed by atoms with van der Waals surface area (Å²) in [6.07, 6.45) is 5.94. The van der Waals surface area contributed by atoms with Gasteiger partial charge in [-0.2, -0.15) is 0 Å². The van der Waals surface area contributed by atoms with Gasteiger partial charge in [0.2, 0.25) is 0 Å². The lowest BCUT2D eigenvalue weighted by Crippen LogP contribution is -2.31. The van der Waals surface area contributed by atoms with Crippen LogP contribution in [0.1, 0.15) is 79.1 Å². The van der Waals surface area contributed by atoms with Gasteiger partial charge in [0, 0.05) is 0 Å². The van der Waals surface area contributed by atoms with Gasteiger partial charge in [-0.15, -0.1) is 0 Å². The minimum Gasteiger partial charge on any atom is -0.481 e. The van der Waals surface area contributed by atoms with E-state index in [4.69, 9.17) is 5.11 Å². The Bertz CT molecular complexity index is 314. The highest BCUT2D eigenvalue weighted by Crippen LogP contribution is 2.37. The number of rotatable bonds is 11. The average Bonchev–Trinajstić information content (AvgIpc) is 2.34.